The highest BCUT2D eigenvalue weighted by Gasteiger charge is 2.17. The molecule has 0 aromatic heterocycles. The van der Waals surface area contributed by atoms with E-state index in [2.05, 4.69) is 26.0 Å². The number of alkyl carbamates (subject to hydrolysis) is 1. The molecule has 1 aromatic rings. The average molecular weight is 362 g/mol. The van der Waals surface area contributed by atoms with E-state index in [9.17, 15) is 14.0 Å². The van der Waals surface area contributed by atoms with Gasteiger partial charge in [0.25, 0.3) is 5.91 Å². The third kappa shape index (κ3) is 6.22. The topological polar surface area (TPSA) is 59.8 Å². The monoisotopic (exact) mass is 361 g/mol. The predicted octanol–water partition coefficient (Wildman–Crippen LogP) is 1.27. The number of quaternary nitrogens is 1. The first-order valence-electron chi connectivity index (χ1n) is 6.70. The highest BCUT2D eigenvalue weighted by molar-refractivity contribution is 9.10. The molecule has 0 heterocycles. The van der Waals surface area contributed by atoms with Crippen LogP contribution in [0.25, 0.3) is 0 Å². The summed E-state index contributed by atoms with van der Waals surface area (Å²) >= 11 is 3.20. The fourth-order valence-corrected chi connectivity index (χ4v) is 2.13. The van der Waals surface area contributed by atoms with E-state index in [1.165, 1.54) is 6.07 Å². The number of hydrogen-bond donors (Lipinski definition) is 2. The third-order valence-electron chi connectivity index (χ3n) is 2.88. The summed E-state index contributed by atoms with van der Waals surface area (Å²) in [4.78, 5) is 23.7. The summed E-state index contributed by atoms with van der Waals surface area (Å²) in [6, 6.07) is 4.82. The second-order valence-corrected chi connectivity index (χ2v) is 5.38. The molecule has 1 atom stereocenters. The van der Waals surface area contributed by atoms with Crippen LogP contribution in [0.2, 0.25) is 0 Å². The number of likely N-dealkylation sites (N-methyl/N-ethyl adjacent to an activating group) is 1. The van der Waals surface area contributed by atoms with Crippen molar-refractivity contribution in [2.24, 2.45) is 0 Å². The van der Waals surface area contributed by atoms with E-state index in [1.54, 1.807) is 19.1 Å². The van der Waals surface area contributed by atoms with Gasteiger partial charge in [0.1, 0.15) is 12.4 Å². The molecule has 21 heavy (non-hydrogen) atoms. The van der Waals surface area contributed by atoms with Gasteiger partial charge in [0, 0.05) is 10.0 Å². The lowest BCUT2D eigenvalue weighted by atomic mass is 10.2. The summed E-state index contributed by atoms with van der Waals surface area (Å²) in [6.07, 6.45) is -0.757. The van der Waals surface area contributed by atoms with E-state index in [0.29, 0.717) is 23.1 Å². The molecule has 1 rings (SSSR count). The zero-order valence-corrected chi connectivity index (χ0v) is 13.6. The number of imide groups is 1. The van der Waals surface area contributed by atoms with Crippen LogP contribution in [0.1, 0.15) is 19.4 Å². The third-order valence-corrected chi connectivity index (χ3v) is 3.38. The molecule has 1 aromatic carbocycles. The zero-order chi connectivity index (χ0) is 15.8. The van der Waals surface area contributed by atoms with Crippen LogP contribution in [0.5, 0.6) is 0 Å². The van der Waals surface area contributed by atoms with Gasteiger partial charge >= 0.3 is 6.09 Å². The van der Waals surface area contributed by atoms with E-state index in [4.69, 9.17) is 0 Å². The predicted molar refractivity (Wildman–Crippen MR) is 79.3 cm³/mol. The Morgan fingerprint density at radius 3 is 2.67 bits per heavy atom. The summed E-state index contributed by atoms with van der Waals surface area (Å²) in [5, 5.41) is 2.13. The minimum atomic E-state index is -0.757. The molecule has 0 bridgehead atoms. The van der Waals surface area contributed by atoms with Gasteiger partial charge < -0.3 is 9.64 Å². The van der Waals surface area contributed by atoms with Gasteiger partial charge in [-0.05, 0) is 32.0 Å². The molecule has 116 valence electrons. The molecule has 7 heteroatoms. The van der Waals surface area contributed by atoms with Crippen molar-refractivity contribution in [3.05, 3.63) is 34.1 Å². The first kappa shape index (κ1) is 17.6. The first-order valence-corrected chi connectivity index (χ1v) is 7.49. The van der Waals surface area contributed by atoms with E-state index in [-0.39, 0.29) is 19.0 Å². The Morgan fingerprint density at radius 2 is 2.10 bits per heavy atom. The lowest BCUT2D eigenvalue weighted by molar-refractivity contribution is -0.904. The molecule has 0 aliphatic carbocycles. The summed E-state index contributed by atoms with van der Waals surface area (Å²) in [6.45, 7) is 4.82. The van der Waals surface area contributed by atoms with Crippen molar-refractivity contribution in [2.75, 3.05) is 19.7 Å². The van der Waals surface area contributed by atoms with Crippen LogP contribution >= 0.6 is 15.9 Å². The molecule has 0 saturated carbocycles. The Kier molecular flexibility index (Phi) is 7.31. The maximum Gasteiger partial charge on any atom is 0.414 e. The number of amides is 2. The molecule has 0 fully saturated rings. The van der Waals surface area contributed by atoms with E-state index in [0.717, 1.165) is 4.90 Å². The van der Waals surface area contributed by atoms with Crippen molar-refractivity contribution in [3.63, 3.8) is 0 Å². The van der Waals surface area contributed by atoms with E-state index >= 15 is 0 Å². The molecule has 5 nitrogen and oxygen atoms in total. The number of carbonyl (C=O) groups excluding carboxylic acids is 2. The molecule has 0 spiro atoms. The lowest BCUT2D eigenvalue weighted by Gasteiger charge is -2.17. The van der Waals surface area contributed by atoms with Crippen LogP contribution in [0.15, 0.2) is 22.7 Å². The van der Waals surface area contributed by atoms with Gasteiger partial charge in [-0.2, -0.15) is 0 Å². The SMILES string of the molecule is CCOC(=O)NC(=O)C[NH+](CC)Cc1ccc(Br)cc1F. The van der Waals surface area contributed by atoms with Crippen LogP contribution in [0, 0.1) is 5.82 Å². The minimum absolute atomic E-state index is 0.0742. The number of carbonyl (C=O) groups is 2. The largest absolute Gasteiger partial charge is 0.450 e. The number of rotatable bonds is 6. The average Bonchev–Trinajstić information content (AvgIpc) is 2.40. The molecule has 0 aliphatic heterocycles. The van der Waals surface area contributed by atoms with E-state index < -0.39 is 12.0 Å². The van der Waals surface area contributed by atoms with Gasteiger partial charge in [0.05, 0.1) is 13.2 Å². The first-order chi connectivity index (χ1) is 9.96. The Hall–Kier alpha value is -1.47. The Morgan fingerprint density at radius 1 is 1.38 bits per heavy atom. The number of nitrogens with one attached hydrogen (secondary N) is 2. The summed E-state index contributed by atoms with van der Waals surface area (Å²) < 4.78 is 19.1. The number of halogens is 2. The van der Waals surface area contributed by atoms with Crippen molar-refractivity contribution in [1.82, 2.24) is 5.32 Å². The second kappa shape index (κ2) is 8.74. The number of hydrogen-bond acceptors (Lipinski definition) is 3. The standard InChI is InChI=1S/C14H18BrFN2O3/c1-3-18(9-13(19)17-14(20)21-4-2)8-10-5-6-11(15)7-12(10)16/h5-7H,3-4,8-9H2,1-2H3,(H,17,19,20)/p+1. The minimum Gasteiger partial charge on any atom is -0.450 e. The molecule has 0 saturated heterocycles. The highest BCUT2D eigenvalue weighted by Crippen LogP contribution is 2.14. The number of ether oxygens (including phenoxy) is 1. The normalized spacial score (nSPS) is 11.8. The molecular weight excluding hydrogens is 343 g/mol. The summed E-state index contributed by atoms with van der Waals surface area (Å²) in [7, 11) is 0. The van der Waals surface area contributed by atoms with Crippen LogP contribution in [0.4, 0.5) is 9.18 Å². The second-order valence-electron chi connectivity index (χ2n) is 4.46. The smallest absolute Gasteiger partial charge is 0.414 e. The van der Waals surface area contributed by atoms with Crippen molar-refractivity contribution in [3.8, 4) is 0 Å². The Labute approximate surface area is 131 Å². The van der Waals surface area contributed by atoms with Crippen LogP contribution in [0.3, 0.4) is 0 Å². The molecule has 1 unspecified atom stereocenters. The molecule has 2 N–H and O–H groups in total. The van der Waals surface area contributed by atoms with Gasteiger partial charge in [0.2, 0.25) is 0 Å². The fourth-order valence-electron chi connectivity index (χ4n) is 1.80. The van der Waals surface area contributed by atoms with Crippen LogP contribution < -0.4 is 10.2 Å². The van der Waals surface area contributed by atoms with Gasteiger partial charge in [-0.1, -0.05) is 15.9 Å². The maximum absolute atomic E-state index is 13.8. The van der Waals surface area contributed by atoms with Crippen molar-refractivity contribution in [2.45, 2.75) is 20.4 Å². The Balaban J connectivity index is 2.58. The van der Waals surface area contributed by atoms with Crippen molar-refractivity contribution in [1.29, 1.82) is 0 Å². The van der Waals surface area contributed by atoms with Crippen molar-refractivity contribution >= 4 is 27.9 Å². The van der Waals surface area contributed by atoms with Gasteiger partial charge in [-0.15, -0.1) is 0 Å². The van der Waals surface area contributed by atoms with Gasteiger partial charge in [-0.3, -0.25) is 10.1 Å². The van der Waals surface area contributed by atoms with Crippen LogP contribution in [-0.4, -0.2) is 31.7 Å². The summed E-state index contributed by atoms with van der Waals surface area (Å²) in [5.74, 6) is -0.760. The van der Waals surface area contributed by atoms with Crippen molar-refractivity contribution < 1.29 is 23.6 Å². The fraction of sp³-hybridized carbons (Fsp3) is 0.429. The van der Waals surface area contributed by atoms with Gasteiger partial charge in [0.15, 0.2) is 6.54 Å². The maximum atomic E-state index is 13.8. The quantitative estimate of drug-likeness (QED) is 0.801. The zero-order valence-electron chi connectivity index (χ0n) is 12.0. The highest BCUT2D eigenvalue weighted by atomic mass is 79.9. The lowest BCUT2D eigenvalue weighted by Crippen LogP contribution is -3.11. The van der Waals surface area contributed by atoms with E-state index in [1.807, 2.05) is 6.92 Å². The molecule has 0 aliphatic rings. The number of benzene rings is 1. The van der Waals surface area contributed by atoms with Gasteiger partial charge in [-0.25, -0.2) is 9.18 Å². The molecule has 2 amide bonds. The summed E-state index contributed by atoms with van der Waals surface area (Å²) in [5.41, 5.74) is 0.527. The molecule has 0 radical (unpaired) electrons. The molecular formula is C14H19BrFN2O3+. The Bertz CT molecular complexity index is 511. The van der Waals surface area contributed by atoms with Crippen LogP contribution in [-0.2, 0) is 16.1 Å².